The number of carbonyl (C=O) groups excluding carboxylic acids is 1. The number of nitrogens with zero attached hydrogens (tertiary/aromatic N) is 2. The van der Waals surface area contributed by atoms with Crippen LogP contribution < -0.4 is 20.5 Å². The molecule has 3 N–H and O–H groups in total. The molecule has 7 heteroatoms. The molecule has 136 valence electrons. The molecule has 1 amide bonds. The molecule has 2 heterocycles. The third-order valence-corrected chi connectivity index (χ3v) is 5.06. The average molecular weight is 354 g/mol. The number of rotatable bonds is 5. The van der Waals surface area contributed by atoms with Crippen LogP contribution in [0.3, 0.4) is 0 Å². The van der Waals surface area contributed by atoms with Crippen LogP contribution >= 0.6 is 0 Å². The molecule has 1 aliphatic carbocycles. The third kappa shape index (κ3) is 2.88. The minimum atomic E-state index is -0.558. The second-order valence-corrected chi connectivity index (χ2v) is 7.00. The number of amides is 1. The maximum atomic E-state index is 11.8. The van der Waals surface area contributed by atoms with E-state index in [9.17, 15) is 4.79 Å². The second kappa shape index (κ2) is 6.25. The molecule has 1 aliphatic heterocycles. The van der Waals surface area contributed by atoms with Crippen molar-refractivity contribution in [1.29, 1.82) is 0 Å². The number of aromatic nitrogens is 2. The van der Waals surface area contributed by atoms with Crippen LogP contribution in [-0.4, -0.2) is 28.5 Å². The lowest BCUT2D eigenvalue weighted by molar-refractivity contribution is -0.117. The van der Waals surface area contributed by atoms with Gasteiger partial charge in [-0.3, -0.25) is 4.79 Å². The zero-order valence-corrected chi connectivity index (χ0v) is 14.9. The first-order chi connectivity index (χ1) is 12.5. The number of hydrogen-bond acceptors (Lipinski definition) is 6. The molecule has 1 aromatic heterocycles. The molecule has 4 rings (SSSR count). The number of nitrogens with two attached hydrogens (primary N) is 1. The summed E-state index contributed by atoms with van der Waals surface area (Å²) in [5.41, 5.74) is 8.06. The molecule has 0 bridgehead atoms. The molecule has 1 saturated carbocycles. The molecular weight excluding hydrogens is 332 g/mol. The Morgan fingerprint density at radius 3 is 2.85 bits per heavy atom. The van der Waals surface area contributed by atoms with Gasteiger partial charge in [0.25, 0.3) is 0 Å². The van der Waals surface area contributed by atoms with E-state index in [1.54, 1.807) is 0 Å². The van der Waals surface area contributed by atoms with Crippen molar-refractivity contribution in [2.75, 3.05) is 11.9 Å². The lowest BCUT2D eigenvalue weighted by atomic mass is 9.95. The number of benzene rings is 1. The molecule has 1 fully saturated rings. The number of anilines is 1. The highest BCUT2D eigenvalue weighted by Crippen LogP contribution is 2.59. The summed E-state index contributed by atoms with van der Waals surface area (Å²) in [7, 11) is 0. The number of carbonyl (C=O) groups is 1. The molecule has 2 aliphatic rings. The minimum Gasteiger partial charge on any atom is -0.492 e. The summed E-state index contributed by atoms with van der Waals surface area (Å²) in [6, 6.07) is 3.39. The summed E-state index contributed by atoms with van der Waals surface area (Å²) >= 11 is 0. The van der Waals surface area contributed by atoms with Gasteiger partial charge in [-0.25, -0.2) is 9.97 Å². The van der Waals surface area contributed by atoms with E-state index < -0.39 is 6.04 Å². The summed E-state index contributed by atoms with van der Waals surface area (Å²) in [5, 5.41) is 2.64. The maximum absolute atomic E-state index is 11.8. The first-order valence-electron chi connectivity index (χ1n) is 8.85. The first kappa shape index (κ1) is 16.8. The summed E-state index contributed by atoms with van der Waals surface area (Å²) in [6.45, 7) is 4.61. The predicted octanol–water partition coefficient (Wildman–Crippen LogP) is 2.68. The topological polar surface area (TPSA) is 99.4 Å². The van der Waals surface area contributed by atoms with E-state index in [0.717, 1.165) is 42.1 Å². The van der Waals surface area contributed by atoms with Gasteiger partial charge >= 0.3 is 0 Å². The van der Waals surface area contributed by atoms with Crippen molar-refractivity contribution in [2.24, 2.45) is 5.73 Å². The van der Waals surface area contributed by atoms with Crippen LogP contribution in [-0.2, 0) is 10.2 Å². The van der Waals surface area contributed by atoms with Crippen molar-refractivity contribution in [3.8, 4) is 17.4 Å². The van der Waals surface area contributed by atoms with Gasteiger partial charge in [0.05, 0.1) is 25.0 Å². The van der Waals surface area contributed by atoms with E-state index >= 15 is 0 Å². The van der Waals surface area contributed by atoms with E-state index in [1.807, 2.05) is 26.0 Å². The van der Waals surface area contributed by atoms with Crippen molar-refractivity contribution in [3.05, 3.63) is 35.7 Å². The summed E-state index contributed by atoms with van der Waals surface area (Å²) in [4.78, 5) is 20.2. The van der Waals surface area contributed by atoms with Crippen LogP contribution in [0.2, 0.25) is 0 Å². The zero-order chi connectivity index (χ0) is 18.3. The number of nitrogens with one attached hydrogen (secondary N) is 1. The largest absolute Gasteiger partial charge is 0.492 e. The van der Waals surface area contributed by atoms with E-state index in [2.05, 4.69) is 15.3 Å². The third-order valence-electron chi connectivity index (χ3n) is 5.06. The molecule has 26 heavy (non-hydrogen) atoms. The zero-order valence-electron chi connectivity index (χ0n) is 14.9. The number of fused-ring (bicyclic) bond motifs is 2. The highest BCUT2D eigenvalue weighted by molar-refractivity contribution is 5.93. The Hall–Kier alpha value is -2.67. The van der Waals surface area contributed by atoms with Gasteiger partial charge in [-0.1, -0.05) is 13.0 Å². The predicted molar refractivity (Wildman–Crippen MR) is 96.6 cm³/mol. The molecular formula is C19H22N4O3. The Kier molecular flexibility index (Phi) is 4.03. The lowest BCUT2D eigenvalue weighted by Crippen LogP contribution is -2.35. The van der Waals surface area contributed by atoms with Gasteiger partial charge in [0.2, 0.25) is 11.8 Å². The second-order valence-electron chi connectivity index (χ2n) is 7.00. The fraction of sp³-hybridized carbons (Fsp3) is 0.421. The van der Waals surface area contributed by atoms with Crippen LogP contribution in [0.1, 0.15) is 37.3 Å². The van der Waals surface area contributed by atoms with Gasteiger partial charge in [-0.2, -0.15) is 0 Å². The fourth-order valence-corrected chi connectivity index (χ4v) is 3.22. The Balaban J connectivity index is 1.53. The van der Waals surface area contributed by atoms with Crippen molar-refractivity contribution in [1.82, 2.24) is 9.97 Å². The Bertz CT molecular complexity index is 847. The molecule has 0 radical (unpaired) electrons. The van der Waals surface area contributed by atoms with Crippen LogP contribution in [0.15, 0.2) is 24.5 Å². The molecule has 1 spiro atoms. The number of aryl methyl sites for hydroxylation is 1. The molecule has 0 unspecified atom stereocenters. The van der Waals surface area contributed by atoms with E-state index in [0.29, 0.717) is 18.1 Å². The summed E-state index contributed by atoms with van der Waals surface area (Å²) in [6.07, 6.45) is 5.76. The van der Waals surface area contributed by atoms with Gasteiger partial charge < -0.3 is 20.5 Å². The van der Waals surface area contributed by atoms with Crippen molar-refractivity contribution >= 4 is 11.7 Å². The average Bonchev–Trinajstić information content (AvgIpc) is 3.32. The van der Waals surface area contributed by atoms with Gasteiger partial charge in [-0.15, -0.1) is 0 Å². The quantitative estimate of drug-likeness (QED) is 0.856. The van der Waals surface area contributed by atoms with Crippen molar-refractivity contribution in [3.63, 3.8) is 0 Å². The standard InChI is InChI=1S/C19H22N4O3/c1-3-12(20)18(24)23-14-8-22-15(9-21-14)26-13-5-4-11(2)17-16(13)19(6-7-19)10-25-17/h4-5,8-9,12H,3,6-7,10,20H2,1-2H3,(H,21,23,24)/t12-/m1/s1. The van der Waals surface area contributed by atoms with Crippen LogP contribution in [0, 0.1) is 6.92 Å². The Morgan fingerprint density at radius 2 is 2.19 bits per heavy atom. The molecule has 0 saturated heterocycles. The van der Waals surface area contributed by atoms with Gasteiger partial charge in [-0.05, 0) is 37.8 Å². The van der Waals surface area contributed by atoms with E-state index in [1.165, 1.54) is 12.4 Å². The number of ether oxygens (including phenoxy) is 2. The SMILES string of the molecule is CC[C@@H](N)C(=O)Nc1cnc(Oc2ccc(C)c3c2C2(CC2)CO3)cn1. The number of hydrogen-bond donors (Lipinski definition) is 2. The van der Waals surface area contributed by atoms with E-state index in [-0.39, 0.29) is 11.3 Å². The van der Waals surface area contributed by atoms with Gasteiger partial charge in [0, 0.05) is 11.0 Å². The molecule has 1 aromatic carbocycles. The van der Waals surface area contributed by atoms with Crippen LogP contribution in [0.5, 0.6) is 17.4 Å². The molecule has 2 aromatic rings. The molecule has 7 nitrogen and oxygen atoms in total. The van der Waals surface area contributed by atoms with Crippen molar-refractivity contribution in [2.45, 2.75) is 44.6 Å². The summed E-state index contributed by atoms with van der Waals surface area (Å²) < 4.78 is 11.9. The first-order valence-corrected chi connectivity index (χ1v) is 8.85. The van der Waals surface area contributed by atoms with Gasteiger partial charge in [0.1, 0.15) is 11.5 Å². The monoisotopic (exact) mass is 354 g/mol. The van der Waals surface area contributed by atoms with Crippen molar-refractivity contribution < 1.29 is 14.3 Å². The fourth-order valence-electron chi connectivity index (χ4n) is 3.22. The molecule has 1 atom stereocenters. The van der Waals surface area contributed by atoms with E-state index in [4.69, 9.17) is 15.2 Å². The Labute approximate surface area is 151 Å². The normalized spacial score (nSPS) is 17.3. The van der Waals surface area contributed by atoms with Gasteiger partial charge in [0.15, 0.2) is 5.82 Å². The maximum Gasteiger partial charge on any atom is 0.242 e. The highest BCUT2D eigenvalue weighted by atomic mass is 16.5. The smallest absolute Gasteiger partial charge is 0.242 e. The highest BCUT2D eigenvalue weighted by Gasteiger charge is 2.53. The summed E-state index contributed by atoms with van der Waals surface area (Å²) in [5.74, 6) is 2.14. The Morgan fingerprint density at radius 1 is 1.38 bits per heavy atom. The van der Waals surface area contributed by atoms with Crippen LogP contribution in [0.4, 0.5) is 5.82 Å². The van der Waals surface area contributed by atoms with Crippen LogP contribution in [0.25, 0.3) is 0 Å². The minimum absolute atomic E-state index is 0.105. The lowest BCUT2D eigenvalue weighted by Gasteiger charge is -2.13.